The van der Waals surface area contributed by atoms with Crippen LogP contribution in [0.5, 0.6) is 0 Å². The first-order chi connectivity index (χ1) is 10.1. The van der Waals surface area contributed by atoms with Crippen LogP contribution in [-0.2, 0) is 19.1 Å². The Bertz CT molecular complexity index is 446. The summed E-state index contributed by atoms with van der Waals surface area (Å²) in [6, 6.07) is 0. The van der Waals surface area contributed by atoms with Gasteiger partial charge in [0.15, 0.2) is 6.61 Å². The van der Waals surface area contributed by atoms with E-state index in [0.29, 0.717) is 5.92 Å². The first-order valence-electron chi connectivity index (χ1n) is 8.48. The lowest BCUT2D eigenvalue weighted by Gasteiger charge is -2.36. The first-order valence-corrected chi connectivity index (χ1v) is 8.48. The van der Waals surface area contributed by atoms with Crippen LogP contribution in [0.3, 0.4) is 0 Å². The summed E-state index contributed by atoms with van der Waals surface area (Å²) in [5, 5.41) is 0. The molecule has 2 fully saturated rings. The van der Waals surface area contributed by atoms with Crippen molar-refractivity contribution in [3.63, 3.8) is 0 Å². The minimum atomic E-state index is -0.479. The van der Waals surface area contributed by atoms with Gasteiger partial charge in [0.25, 0.3) is 0 Å². The highest BCUT2D eigenvalue weighted by molar-refractivity contribution is 5.83. The van der Waals surface area contributed by atoms with E-state index in [2.05, 4.69) is 0 Å². The predicted molar refractivity (Wildman–Crippen MR) is 84.2 cm³/mol. The van der Waals surface area contributed by atoms with Gasteiger partial charge in [-0.25, -0.2) is 4.79 Å². The number of carbonyl (C=O) groups is 2. The predicted octanol–water partition coefficient (Wildman–Crippen LogP) is 3.87. The molecule has 0 aromatic heterocycles. The third-order valence-electron chi connectivity index (χ3n) is 5.90. The molecule has 2 rings (SSSR count). The van der Waals surface area contributed by atoms with Crippen molar-refractivity contribution >= 4 is 11.9 Å². The lowest BCUT2D eigenvalue weighted by atomic mass is 9.79. The van der Waals surface area contributed by atoms with Gasteiger partial charge in [-0.2, -0.15) is 0 Å². The quantitative estimate of drug-likeness (QED) is 0.723. The van der Waals surface area contributed by atoms with E-state index in [-0.39, 0.29) is 18.0 Å². The van der Waals surface area contributed by atoms with Gasteiger partial charge in [0, 0.05) is 0 Å². The summed E-state index contributed by atoms with van der Waals surface area (Å²) >= 11 is 0. The second-order valence-corrected chi connectivity index (χ2v) is 8.38. The molecule has 1 atom stereocenters. The fraction of sp³-hybridized carbons (Fsp3) is 0.889. The van der Waals surface area contributed by atoms with Gasteiger partial charge in [-0.3, -0.25) is 4.79 Å². The fourth-order valence-electron chi connectivity index (χ4n) is 3.68. The van der Waals surface area contributed by atoms with Crippen LogP contribution >= 0.6 is 0 Å². The second-order valence-electron chi connectivity index (χ2n) is 8.38. The van der Waals surface area contributed by atoms with E-state index >= 15 is 0 Å². The zero-order valence-electron chi connectivity index (χ0n) is 14.7. The molecule has 0 amide bonds. The Kier molecular flexibility index (Phi) is 4.61. The molecular formula is C18H30O4. The Hall–Kier alpha value is -1.06. The molecule has 22 heavy (non-hydrogen) atoms. The number of hydrogen-bond acceptors (Lipinski definition) is 4. The third kappa shape index (κ3) is 3.47. The SMILES string of the molecule is CC(C)(OC(=O)COC(=O)C1(C)CC1(C)C)C1CCCCC1. The zero-order chi connectivity index (χ0) is 16.6. The maximum absolute atomic E-state index is 12.1. The molecule has 0 bridgehead atoms. The Morgan fingerprint density at radius 3 is 2.14 bits per heavy atom. The fourth-order valence-corrected chi connectivity index (χ4v) is 3.68. The van der Waals surface area contributed by atoms with Crippen molar-refractivity contribution in [2.45, 2.75) is 78.7 Å². The molecule has 4 heteroatoms. The van der Waals surface area contributed by atoms with Gasteiger partial charge in [-0.05, 0) is 51.4 Å². The Labute approximate surface area is 133 Å². The lowest BCUT2D eigenvalue weighted by molar-refractivity contribution is -0.174. The van der Waals surface area contributed by atoms with Crippen molar-refractivity contribution in [3.05, 3.63) is 0 Å². The molecule has 0 N–H and O–H groups in total. The molecule has 0 radical (unpaired) electrons. The highest BCUT2D eigenvalue weighted by atomic mass is 16.6. The summed E-state index contributed by atoms with van der Waals surface area (Å²) < 4.78 is 10.8. The van der Waals surface area contributed by atoms with Crippen LogP contribution in [0, 0.1) is 16.7 Å². The molecule has 1 unspecified atom stereocenters. The zero-order valence-corrected chi connectivity index (χ0v) is 14.7. The number of esters is 2. The van der Waals surface area contributed by atoms with Gasteiger partial charge >= 0.3 is 11.9 Å². The maximum Gasteiger partial charge on any atom is 0.344 e. The van der Waals surface area contributed by atoms with Crippen molar-refractivity contribution in [3.8, 4) is 0 Å². The smallest absolute Gasteiger partial charge is 0.344 e. The monoisotopic (exact) mass is 310 g/mol. The first kappa shape index (κ1) is 17.3. The van der Waals surface area contributed by atoms with Crippen molar-refractivity contribution in [2.24, 2.45) is 16.7 Å². The van der Waals surface area contributed by atoms with E-state index in [4.69, 9.17) is 9.47 Å². The molecule has 0 aliphatic heterocycles. The van der Waals surface area contributed by atoms with Crippen LogP contribution in [0.1, 0.15) is 73.1 Å². The third-order valence-corrected chi connectivity index (χ3v) is 5.90. The minimum Gasteiger partial charge on any atom is -0.457 e. The molecule has 2 saturated carbocycles. The van der Waals surface area contributed by atoms with Crippen LogP contribution < -0.4 is 0 Å². The van der Waals surface area contributed by atoms with Crippen LogP contribution in [0.2, 0.25) is 0 Å². The average Bonchev–Trinajstić information content (AvgIpc) is 2.97. The molecular weight excluding hydrogens is 280 g/mol. The molecule has 126 valence electrons. The van der Waals surface area contributed by atoms with Crippen molar-refractivity contribution in [2.75, 3.05) is 6.61 Å². The summed E-state index contributed by atoms with van der Waals surface area (Å²) in [5.74, 6) is -0.323. The van der Waals surface area contributed by atoms with E-state index in [1.807, 2.05) is 34.6 Å². The van der Waals surface area contributed by atoms with Crippen molar-refractivity contribution in [1.82, 2.24) is 0 Å². The van der Waals surface area contributed by atoms with E-state index < -0.39 is 17.0 Å². The minimum absolute atomic E-state index is 0.0324. The highest BCUT2D eigenvalue weighted by Crippen LogP contribution is 2.63. The molecule has 2 aliphatic rings. The summed E-state index contributed by atoms with van der Waals surface area (Å²) in [6.07, 6.45) is 6.69. The van der Waals surface area contributed by atoms with Crippen LogP contribution in [0.4, 0.5) is 0 Å². The number of ether oxygens (including phenoxy) is 2. The largest absolute Gasteiger partial charge is 0.457 e. The van der Waals surface area contributed by atoms with Crippen LogP contribution in [0.15, 0.2) is 0 Å². The van der Waals surface area contributed by atoms with Crippen molar-refractivity contribution < 1.29 is 19.1 Å². The van der Waals surface area contributed by atoms with Crippen LogP contribution in [0.25, 0.3) is 0 Å². The van der Waals surface area contributed by atoms with Gasteiger partial charge in [-0.15, -0.1) is 0 Å². The molecule has 0 aromatic rings. The van der Waals surface area contributed by atoms with Gasteiger partial charge in [-0.1, -0.05) is 33.1 Å². The van der Waals surface area contributed by atoms with E-state index in [1.54, 1.807) is 0 Å². The van der Waals surface area contributed by atoms with Gasteiger partial charge < -0.3 is 9.47 Å². The maximum atomic E-state index is 12.1. The summed E-state index contributed by atoms with van der Waals surface area (Å²) in [6.45, 7) is 9.63. The normalized spacial score (nSPS) is 28.0. The number of rotatable bonds is 5. The molecule has 4 nitrogen and oxygen atoms in total. The van der Waals surface area contributed by atoms with Crippen molar-refractivity contribution in [1.29, 1.82) is 0 Å². The highest BCUT2D eigenvalue weighted by Gasteiger charge is 2.63. The Morgan fingerprint density at radius 2 is 1.64 bits per heavy atom. The van der Waals surface area contributed by atoms with E-state index in [9.17, 15) is 9.59 Å². The van der Waals surface area contributed by atoms with E-state index in [0.717, 1.165) is 19.3 Å². The molecule has 0 heterocycles. The Balaban J connectivity index is 1.79. The standard InChI is InChI=1S/C18H30O4/c1-16(2)12-18(16,5)15(20)21-11-14(19)22-17(3,4)13-9-7-6-8-10-13/h13H,6-12H2,1-5H3. The summed E-state index contributed by atoms with van der Waals surface area (Å²) in [7, 11) is 0. The van der Waals surface area contributed by atoms with Gasteiger partial charge in [0.2, 0.25) is 0 Å². The molecule has 0 spiro atoms. The molecule has 0 aromatic carbocycles. The lowest BCUT2D eigenvalue weighted by Crippen LogP contribution is -2.39. The van der Waals surface area contributed by atoms with E-state index in [1.165, 1.54) is 19.3 Å². The summed E-state index contributed by atoms with van der Waals surface area (Å²) in [5.41, 5.74) is -0.964. The second kappa shape index (κ2) is 5.86. The molecule has 0 saturated heterocycles. The number of hydrogen-bond donors (Lipinski definition) is 0. The Morgan fingerprint density at radius 1 is 1.09 bits per heavy atom. The van der Waals surface area contributed by atoms with Gasteiger partial charge in [0.1, 0.15) is 5.60 Å². The van der Waals surface area contributed by atoms with Gasteiger partial charge in [0.05, 0.1) is 5.41 Å². The molecule has 2 aliphatic carbocycles. The topological polar surface area (TPSA) is 52.6 Å². The number of carbonyl (C=O) groups excluding carboxylic acids is 2. The average molecular weight is 310 g/mol. The summed E-state index contributed by atoms with van der Waals surface area (Å²) in [4.78, 5) is 24.1. The van der Waals surface area contributed by atoms with Crippen LogP contribution in [-0.4, -0.2) is 24.1 Å².